The van der Waals surface area contributed by atoms with Crippen molar-refractivity contribution in [3.8, 4) is 0 Å². The van der Waals surface area contributed by atoms with Crippen molar-refractivity contribution >= 4 is 16.9 Å². The quantitative estimate of drug-likeness (QED) is 0.724. The lowest BCUT2D eigenvalue weighted by Crippen LogP contribution is -2.12. The van der Waals surface area contributed by atoms with Crippen LogP contribution in [0.5, 0.6) is 0 Å². The first kappa shape index (κ1) is 8.74. The van der Waals surface area contributed by atoms with Crippen molar-refractivity contribution in [3.63, 3.8) is 0 Å². The standard InChI is InChI=1S/C10H12N4/c1-3-7(2)14-10-8-4-5-11-9(8)12-6-13-10/h3-7H,1H2,2H3,(H2,11,12,13,14). The Labute approximate surface area is 82.1 Å². The molecular formula is C10H12N4. The maximum Gasteiger partial charge on any atom is 0.142 e. The van der Waals surface area contributed by atoms with Crippen molar-refractivity contribution in [2.24, 2.45) is 0 Å². The maximum atomic E-state index is 4.18. The number of aromatic nitrogens is 3. The minimum atomic E-state index is 0.197. The Kier molecular flexibility index (Phi) is 2.18. The summed E-state index contributed by atoms with van der Waals surface area (Å²) < 4.78 is 0. The van der Waals surface area contributed by atoms with Crippen LogP contribution in [0.15, 0.2) is 31.2 Å². The molecule has 0 saturated heterocycles. The van der Waals surface area contributed by atoms with E-state index >= 15 is 0 Å². The molecule has 2 aromatic rings. The summed E-state index contributed by atoms with van der Waals surface area (Å²) in [5.41, 5.74) is 0.846. The molecule has 0 aliphatic heterocycles. The zero-order chi connectivity index (χ0) is 9.97. The zero-order valence-corrected chi connectivity index (χ0v) is 7.99. The average Bonchev–Trinajstić information content (AvgIpc) is 2.66. The second-order valence-electron chi connectivity index (χ2n) is 3.13. The van der Waals surface area contributed by atoms with Gasteiger partial charge in [-0.3, -0.25) is 0 Å². The van der Waals surface area contributed by atoms with Crippen LogP contribution in [-0.2, 0) is 0 Å². The maximum absolute atomic E-state index is 4.18. The number of hydrogen-bond acceptors (Lipinski definition) is 3. The highest BCUT2D eigenvalue weighted by molar-refractivity contribution is 5.86. The number of rotatable bonds is 3. The van der Waals surface area contributed by atoms with E-state index in [-0.39, 0.29) is 6.04 Å². The molecule has 0 radical (unpaired) electrons. The molecule has 2 N–H and O–H groups in total. The third-order valence-electron chi connectivity index (χ3n) is 2.07. The van der Waals surface area contributed by atoms with E-state index < -0.39 is 0 Å². The van der Waals surface area contributed by atoms with Crippen LogP contribution in [0.1, 0.15) is 6.92 Å². The van der Waals surface area contributed by atoms with Crippen LogP contribution in [0.3, 0.4) is 0 Å². The van der Waals surface area contributed by atoms with E-state index in [1.807, 2.05) is 25.3 Å². The first-order chi connectivity index (χ1) is 6.81. The molecule has 0 aliphatic carbocycles. The zero-order valence-electron chi connectivity index (χ0n) is 7.99. The van der Waals surface area contributed by atoms with Crippen molar-refractivity contribution in [1.82, 2.24) is 15.0 Å². The van der Waals surface area contributed by atoms with Gasteiger partial charge in [0.25, 0.3) is 0 Å². The number of hydrogen-bond donors (Lipinski definition) is 2. The molecule has 0 aliphatic rings. The van der Waals surface area contributed by atoms with Gasteiger partial charge in [0.2, 0.25) is 0 Å². The van der Waals surface area contributed by atoms with Gasteiger partial charge in [-0.1, -0.05) is 6.08 Å². The van der Waals surface area contributed by atoms with Gasteiger partial charge in [-0.25, -0.2) is 9.97 Å². The Morgan fingerprint density at radius 1 is 1.57 bits per heavy atom. The molecule has 2 aromatic heterocycles. The van der Waals surface area contributed by atoms with Gasteiger partial charge in [-0.05, 0) is 13.0 Å². The Morgan fingerprint density at radius 3 is 3.21 bits per heavy atom. The van der Waals surface area contributed by atoms with E-state index in [2.05, 4.69) is 26.8 Å². The molecule has 0 fully saturated rings. The van der Waals surface area contributed by atoms with Gasteiger partial charge >= 0.3 is 0 Å². The molecular weight excluding hydrogens is 176 g/mol. The Morgan fingerprint density at radius 2 is 2.43 bits per heavy atom. The van der Waals surface area contributed by atoms with Gasteiger partial charge in [-0.15, -0.1) is 6.58 Å². The molecule has 0 saturated carbocycles. The molecule has 0 spiro atoms. The minimum Gasteiger partial charge on any atom is -0.364 e. The number of nitrogens with zero attached hydrogens (tertiary/aromatic N) is 2. The van der Waals surface area contributed by atoms with Crippen molar-refractivity contribution in [1.29, 1.82) is 0 Å². The lowest BCUT2D eigenvalue weighted by molar-refractivity contribution is 0.984. The monoisotopic (exact) mass is 188 g/mol. The molecule has 14 heavy (non-hydrogen) atoms. The SMILES string of the molecule is C=CC(C)Nc1ncnc2[nH]ccc12. The number of anilines is 1. The number of H-pyrrole nitrogens is 1. The Hall–Kier alpha value is -1.84. The van der Waals surface area contributed by atoms with Gasteiger partial charge < -0.3 is 10.3 Å². The number of aromatic amines is 1. The second-order valence-corrected chi connectivity index (χ2v) is 3.13. The van der Waals surface area contributed by atoms with E-state index in [0.717, 1.165) is 16.9 Å². The van der Waals surface area contributed by atoms with Crippen molar-refractivity contribution in [2.75, 3.05) is 5.32 Å². The summed E-state index contributed by atoms with van der Waals surface area (Å²) in [4.78, 5) is 11.3. The van der Waals surface area contributed by atoms with Gasteiger partial charge in [-0.2, -0.15) is 0 Å². The fourth-order valence-corrected chi connectivity index (χ4v) is 1.26. The molecule has 4 nitrogen and oxygen atoms in total. The minimum absolute atomic E-state index is 0.197. The van der Waals surface area contributed by atoms with Crippen molar-refractivity contribution < 1.29 is 0 Å². The summed E-state index contributed by atoms with van der Waals surface area (Å²) in [5.74, 6) is 0.837. The molecule has 2 heterocycles. The van der Waals surface area contributed by atoms with Crippen LogP contribution in [0, 0.1) is 0 Å². The van der Waals surface area contributed by atoms with Gasteiger partial charge in [0.05, 0.1) is 5.39 Å². The summed E-state index contributed by atoms with van der Waals surface area (Å²) in [6, 6.07) is 2.15. The highest BCUT2D eigenvalue weighted by Crippen LogP contribution is 2.17. The smallest absolute Gasteiger partial charge is 0.142 e. The summed E-state index contributed by atoms with van der Waals surface area (Å²) >= 11 is 0. The van der Waals surface area contributed by atoms with Crippen LogP contribution in [-0.4, -0.2) is 21.0 Å². The second kappa shape index (κ2) is 3.49. The lowest BCUT2D eigenvalue weighted by Gasteiger charge is -2.09. The molecule has 72 valence electrons. The van der Waals surface area contributed by atoms with Crippen LogP contribution in [0.4, 0.5) is 5.82 Å². The fourth-order valence-electron chi connectivity index (χ4n) is 1.26. The Bertz CT molecular complexity index is 446. The van der Waals surface area contributed by atoms with Gasteiger partial charge in [0.15, 0.2) is 0 Å². The highest BCUT2D eigenvalue weighted by Gasteiger charge is 2.04. The van der Waals surface area contributed by atoms with Crippen LogP contribution >= 0.6 is 0 Å². The van der Waals surface area contributed by atoms with E-state index in [4.69, 9.17) is 0 Å². The van der Waals surface area contributed by atoms with Crippen molar-refractivity contribution in [2.45, 2.75) is 13.0 Å². The predicted molar refractivity (Wildman–Crippen MR) is 57.2 cm³/mol. The molecule has 0 amide bonds. The molecule has 1 unspecified atom stereocenters. The lowest BCUT2D eigenvalue weighted by atomic mass is 10.3. The van der Waals surface area contributed by atoms with Gasteiger partial charge in [0, 0.05) is 12.2 Å². The number of fused-ring (bicyclic) bond motifs is 1. The molecule has 4 heteroatoms. The average molecular weight is 188 g/mol. The summed E-state index contributed by atoms with van der Waals surface area (Å²) in [6.45, 7) is 5.73. The fraction of sp³-hybridized carbons (Fsp3) is 0.200. The third-order valence-corrected chi connectivity index (χ3v) is 2.07. The normalized spacial score (nSPS) is 12.6. The highest BCUT2D eigenvalue weighted by atomic mass is 15.0. The molecule has 2 rings (SSSR count). The van der Waals surface area contributed by atoms with E-state index in [1.165, 1.54) is 6.33 Å². The van der Waals surface area contributed by atoms with E-state index in [9.17, 15) is 0 Å². The van der Waals surface area contributed by atoms with E-state index in [0.29, 0.717) is 0 Å². The topological polar surface area (TPSA) is 53.6 Å². The summed E-state index contributed by atoms with van der Waals surface area (Å²) in [6.07, 6.45) is 5.22. The largest absolute Gasteiger partial charge is 0.364 e. The predicted octanol–water partition coefficient (Wildman–Crippen LogP) is 1.94. The molecule has 1 atom stereocenters. The van der Waals surface area contributed by atoms with Gasteiger partial charge in [0.1, 0.15) is 17.8 Å². The summed E-state index contributed by atoms with van der Waals surface area (Å²) in [7, 11) is 0. The van der Waals surface area contributed by atoms with Crippen LogP contribution < -0.4 is 5.32 Å². The number of nitrogens with one attached hydrogen (secondary N) is 2. The summed E-state index contributed by atoms with van der Waals surface area (Å²) in [5, 5.41) is 4.23. The first-order valence-electron chi connectivity index (χ1n) is 4.48. The molecule has 0 aromatic carbocycles. The third kappa shape index (κ3) is 1.46. The van der Waals surface area contributed by atoms with Crippen LogP contribution in [0.25, 0.3) is 11.0 Å². The van der Waals surface area contributed by atoms with Crippen molar-refractivity contribution in [3.05, 3.63) is 31.2 Å². The van der Waals surface area contributed by atoms with Crippen LogP contribution in [0.2, 0.25) is 0 Å². The van der Waals surface area contributed by atoms with E-state index in [1.54, 1.807) is 0 Å². The molecule has 0 bridgehead atoms. The Balaban J connectivity index is 2.41. The first-order valence-corrected chi connectivity index (χ1v) is 4.48.